The molecule has 0 bridgehead atoms. The van der Waals surface area contributed by atoms with E-state index in [1.54, 1.807) is 17.8 Å². The van der Waals surface area contributed by atoms with E-state index in [9.17, 15) is 14.4 Å². The van der Waals surface area contributed by atoms with E-state index in [2.05, 4.69) is 79.0 Å². The number of nitrogens with one attached hydrogen (secondary N) is 3. The minimum atomic E-state index is -2.80. The molecule has 2 aromatic carbocycles. The van der Waals surface area contributed by atoms with Gasteiger partial charge >= 0.3 is 0 Å². The zero-order valence-corrected chi connectivity index (χ0v) is 35.4. The number of imidazole rings is 1. The van der Waals surface area contributed by atoms with Crippen LogP contribution in [0.3, 0.4) is 0 Å². The molecular weight excluding hydrogens is 781 g/mol. The Labute approximate surface area is 355 Å². The Bertz CT molecular complexity index is 2300. The molecule has 2 atom stereocenters. The van der Waals surface area contributed by atoms with Crippen LogP contribution in [0.4, 0.5) is 37.3 Å². The SMILES string of the molecule is CCc1ccc(N2CCN(C3CCN(CC4CCN(c5cccc6c5CCN6c5cc(NC)c6ncc(C(=O)NC)n6n5)CC4)CC3(F)F)CC2)cc1C1CCC(=O)NC1=O. The van der Waals surface area contributed by atoms with Crippen LogP contribution < -0.4 is 30.7 Å². The monoisotopic (exact) mass is 837 g/mol. The summed E-state index contributed by atoms with van der Waals surface area (Å²) in [7, 11) is 3.43. The number of piperazine rings is 1. The van der Waals surface area contributed by atoms with Gasteiger partial charge in [-0.2, -0.15) is 0 Å². The summed E-state index contributed by atoms with van der Waals surface area (Å²) in [5.74, 6) is -2.76. The van der Waals surface area contributed by atoms with Crippen molar-refractivity contribution < 1.29 is 23.2 Å². The van der Waals surface area contributed by atoms with Crippen LogP contribution in [0.25, 0.3) is 5.65 Å². The Morgan fingerprint density at radius 2 is 1.69 bits per heavy atom. The van der Waals surface area contributed by atoms with Gasteiger partial charge in [0.05, 0.1) is 30.4 Å². The molecule has 4 fully saturated rings. The quantitative estimate of drug-likeness (QED) is 0.193. The van der Waals surface area contributed by atoms with Gasteiger partial charge in [-0.25, -0.2) is 18.3 Å². The average molecular weight is 838 g/mol. The summed E-state index contributed by atoms with van der Waals surface area (Å²) in [6, 6.07) is 13.9. The molecule has 5 aliphatic heterocycles. The molecule has 4 aromatic rings. The lowest BCUT2D eigenvalue weighted by molar-refractivity contribution is -0.134. The Morgan fingerprint density at radius 1 is 0.902 bits per heavy atom. The number of anilines is 5. The van der Waals surface area contributed by atoms with Crippen LogP contribution in [0.5, 0.6) is 0 Å². The van der Waals surface area contributed by atoms with Crippen LogP contribution in [0.1, 0.15) is 72.1 Å². The number of nitrogens with zero attached hydrogens (tertiary/aromatic N) is 8. The van der Waals surface area contributed by atoms with Crippen molar-refractivity contribution in [3.63, 3.8) is 0 Å². The summed E-state index contributed by atoms with van der Waals surface area (Å²) in [6.45, 7) is 8.18. The van der Waals surface area contributed by atoms with Crippen molar-refractivity contribution in [3.8, 4) is 0 Å². The van der Waals surface area contributed by atoms with Crippen LogP contribution in [0.15, 0.2) is 48.7 Å². The van der Waals surface area contributed by atoms with E-state index >= 15 is 8.78 Å². The molecule has 0 aliphatic carbocycles. The third kappa shape index (κ3) is 7.88. The number of carbonyl (C=O) groups excluding carboxylic acids is 3. The second-order valence-corrected chi connectivity index (χ2v) is 17.3. The molecule has 2 aromatic heterocycles. The van der Waals surface area contributed by atoms with Crippen molar-refractivity contribution in [2.75, 3.05) is 99.6 Å². The van der Waals surface area contributed by atoms with E-state index in [0.29, 0.717) is 75.8 Å². The fourth-order valence-corrected chi connectivity index (χ4v) is 10.5. The molecule has 61 heavy (non-hydrogen) atoms. The number of benzene rings is 2. The molecule has 3 amide bonds. The smallest absolute Gasteiger partial charge is 0.275 e. The maximum absolute atomic E-state index is 16.0. The van der Waals surface area contributed by atoms with Crippen molar-refractivity contribution in [2.24, 2.45) is 5.92 Å². The highest BCUT2D eigenvalue weighted by molar-refractivity contribution is 6.01. The minimum Gasteiger partial charge on any atom is -0.385 e. The molecule has 5 aliphatic rings. The van der Waals surface area contributed by atoms with Gasteiger partial charge in [0.25, 0.3) is 11.8 Å². The number of likely N-dealkylation sites (tertiary alicyclic amines) is 1. The Hall–Kier alpha value is -5.35. The minimum absolute atomic E-state index is 0.202. The van der Waals surface area contributed by atoms with Crippen molar-refractivity contribution in [1.29, 1.82) is 0 Å². The van der Waals surface area contributed by atoms with Crippen LogP contribution in [-0.2, 0) is 22.4 Å². The summed E-state index contributed by atoms with van der Waals surface area (Å²) >= 11 is 0. The fraction of sp³-hybridized carbons (Fsp3) is 0.533. The van der Waals surface area contributed by atoms with E-state index in [0.717, 1.165) is 79.3 Å². The number of hydrogen-bond acceptors (Lipinski definition) is 11. The summed E-state index contributed by atoms with van der Waals surface area (Å²) in [5, 5.41) is 13.3. The molecule has 2 unspecified atom stereocenters. The number of alkyl halides is 2. The fourth-order valence-electron chi connectivity index (χ4n) is 10.5. The largest absolute Gasteiger partial charge is 0.385 e. The molecule has 7 heterocycles. The molecule has 324 valence electrons. The molecule has 0 radical (unpaired) electrons. The van der Waals surface area contributed by atoms with Gasteiger partial charge in [0.15, 0.2) is 17.2 Å². The van der Waals surface area contributed by atoms with Crippen molar-refractivity contribution >= 4 is 51.9 Å². The second-order valence-electron chi connectivity index (χ2n) is 17.3. The number of aromatic nitrogens is 3. The number of piperidine rings is 3. The number of imide groups is 1. The van der Waals surface area contributed by atoms with Crippen molar-refractivity contribution in [3.05, 3.63) is 71.0 Å². The van der Waals surface area contributed by atoms with Crippen LogP contribution >= 0.6 is 0 Å². The first-order valence-corrected chi connectivity index (χ1v) is 22.0. The Balaban J connectivity index is 0.787. The summed E-state index contributed by atoms with van der Waals surface area (Å²) < 4.78 is 33.6. The maximum atomic E-state index is 16.0. The van der Waals surface area contributed by atoms with Gasteiger partial charge in [-0.1, -0.05) is 19.1 Å². The van der Waals surface area contributed by atoms with E-state index in [1.807, 2.05) is 22.9 Å². The number of amides is 3. The first-order chi connectivity index (χ1) is 29.5. The zero-order valence-electron chi connectivity index (χ0n) is 35.4. The predicted octanol–water partition coefficient (Wildman–Crippen LogP) is 4.66. The first kappa shape index (κ1) is 41.0. The number of carbonyl (C=O) groups is 3. The third-order valence-electron chi connectivity index (χ3n) is 13.8. The predicted molar refractivity (Wildman–Crippen MR) is 233 cm³/mol. The second kappa shape index (κ2) is 16.8. The number of aryl methyl sites for hydroxylation is 1. The van der Waals surface area contributed by atoms with Crippen LogP contribution in [-0.4, -0.2) is 134 Å². The van der Waals surface area contributed by atoms with Crippen molar-refractivity contribution in [2.45, 2.75) is 69.8 Å². The van der Waals surface area contributed by atoms with Crippen molar-refractivity contribution in [1.82, 2.24) is 35.0 Å². The zero-order chi connectivity index (χ0) is 42.4. The molecule has 0 saturated carbocycles. The van der Waals surface area contributed by atoms with Gasteiger partial charge in [-0.3, -0.25) is 29.5 Å². The number of halogens is 2. The van der Waals surface area contributed by atoms with E-state index in [4.69, 9.17) is 5.10 Å². The van der Waals surface area contributed by atoms with E-state index in [1.165, 1.54) is 11.3 Å². The Morgan fingerprint density at radius 3 is 2.41 bits per heavy atom. The summed E-state index contributed by atoms with van der Waals surface area (Å²) in [4.78, 5) is 52.5. The molecule has 9 rings (SSSR count). The number of hydrogen-bond donors (Lipinski definition) is 3. The molecular formula is C45H57F2N11O3. The number of rotatable bonds is 10. The molecule has 4 saturated heterocycles. The number of fused-ring (bicyclic) bond motifs is 2. The topological polar surface area (TPSA) is 134 Å². The van der Waals surface area contributed by atoms with E-state index in [-0.39, 0.29) is 30.2 Å². The highest BCUT2D eigenvalue weighted by Crippen LogP contribution is 2.42. The maximum Gasteiger partial charge on any atom is 0.275 e. The summed E-state index contributed by atoms with van der Waals surface area (Å²) in [6.07, 6.45) is 6.40. The first-order valence-electron chi connectivity index (χ1n) is 22.0. The highest BCUT2D eigenvalue weighted by atomic mass is 19.3. The normalized spacial score (nSPS) is 22.7. The van der Waals surface area contributed by atoms with Gasteiger partial charge in [-0.15, -0.1) is 5.10 Å². The third-order valence-corrected chi connectivity index (χ3v) is 13.8. The van der Waals surface area contributed by atoms with Gasteiger partial charge in [-0.05, 0) is 79.8 Å². The van der Waals surface area contributed by atoms with Crippen LogP contribution in [0, 0.1) is 5.92 Å². The summed E-state index contributed by atoms with van der Waals surface area (Å²) in [5.41, 5.74) is 8.42. The highest BCUT2D eigenvalue weighted by Gasteiger charge is 2.48. The van der Waals surface area contributed by atoms with Gasteiger partial charge < -0.3 is 25.3 Å². The average Bonchev–Trinajstić information content (AvgIpc) is 3.91. The molecule has 3 N–H and O–H groups in total. The lowest BCUT2D eigenvalue weighted by atomic mass is 9.86. The molecule has 16 heteroatoms. The van der Waals surface area contributed by atoms with E-state index < -0.39 is 12.0 Å². The molecule has 14 nitrogen and oxygen atoms in total. The van der Waals surface area contributed by atoms with Gasteiger partial charge in [0.1, 0.15) is 0 Å². The standard InChI is InChI=1S/C45H57F2N11O3/c1-4-30-8-9-31(24-34(30)32-10-11-41(59)51-43(32)60)54-20-22-56(23-21-54)39-15-16-53(28-45(39,46)47)27-29-12-17-55(18-13-29)36-6-5-7-37-33(36)14-19-57(37)40-25-35(48-2)42-50-26-38(44(61)49-3)58(42)52-40/h5-9,24-26,29,32,39,48H,4,10-23,27-28H2,1-3H3,(H,49,61)(H,51,59,60). The van der Waals surface area contributed by atoms with Gasteiger partial charge in [0.2, 0.25) is 11.8 Å². The lowest BCUT2D eigenvalue weighted by Crippen LogP contribution is -2.62. The molecule has 0 spiro atoms. The van der Waals surface area contributed by atoms with Gasteiger partial charge in [0, 0.05) is 108 Å². The lowest BCUT2D eigenvalue weighted by Gasteiger charge is -2.47. The van der Waals surface area contributed by atoms with Crippen LogP contribution in [0.2, 0.25) is 0 Å². The Kier molecular flexibility index (Phi) is 11.3.